The van der Waals surface area contributed by atoms with Crippen LogP contribution in [0.15, 0.2) is 59.2 Å². The number of rotatable bonds is 5. The quantitative estimate of drug-likeness (QED) is 0.488. The minimum Gasteiger partial charge on any atom is -0.494 e. The number of halogens is 3. The highest BCUT2D eigenvalue weighted by atomic mass is 35.5. The summed E-state index contributed by atoms with van der Waals surface area (Å²) in [5, 5.41) is 11.5. The predicted molar refractivity (Wildman–Crippen MR) is 109 cm³/mol. The van der Waals surface area contributed by atoms with Crippen molar-refractivity contribution in [1.82, 2.24) is 9.97 Å². The Morgan fingerprint density at radius 1 is 1.04 bits per heavy atom. The zero-order valence-electron chi connectivity index (χ0n) is 14.4. The summed E-state index contributed by atoms with van der Waals surface area (Å²) in [6.07, 6.45) is 4.33. The fourth-order valence-corrected chi connectivity index (χ4v) is 2.88. The summed E-state index contributed by atoms with van der Waals surface area (Å²) < 4.78 is 5.32. The molecule has 3 aromatic rings. The van der Waals surface area contributed by atoms with E-state index in [1.165, 1.54) is 31.8 Å². The van der Waals surface area contributed by atoms with Gasteiger partial charge in [0.25, 0.3) is 5.91 Å². The molecule has 2 aromatic heterocycles. The molecule has 1 aromatic carbocycles. The molecule has 0 aliphatic carbocycles. The van der Waals surface area contributed by atoms with E-state index < -0.39 is 0 Å². The molecule has 7 nitrogen and oxygen atoms in total. The first-order chi connectivity index (χ1) is 13.5. The molecular formula is C18H12Cl3N5O2. The number of amides is 1. The van der Waals surface area contributed by atoms with Crippen molar-refractivity contribution < 1.29 is 9.53 Å². The molecule has 1 N–H and O–H groups in total. The molecule has 0 atom stereocenters. The molecule has 0 aliphatic heterocycles. The van der Waals surface area contributed by atoms with Crippen LogP contribution >= 0.6 is 34.8 Å². The fraction of sp³-hybridized carbons (Fsp3) is 0.0556. The lowest BCUT2D eigenvalue weighted by Crippen LogP contribution is -2.13. The van der Waals surface area contributed by atoms with Crippen molar-refractivity contribution >= 4 is 57.8 Å². The Balaban J connectivity index is 1.90. The number of anilines is 1. The van der Waals surface area contributed by atoms with Gasteiger partial charge in [-0.15, -0.1) is 10.2 Å². The first kappa shape index (κ1) is 20.0. The highest BCUT2D eigenvalue weighted by Crippen LogP contribution is 2.40. The number of hydrogen-bond donors (Lipinski definition) is 1. The molecule has 0 unspecified atom stereocenters. The number of nitrogens with zero attached hydrogens (tertiary/aromatic N) is 4. The number of nitrogens with one attached hydrogen (secondary N) is 1. The molecular weight excluding hydrogens is 425 g/mol. The number of pyridine rings is 2. The Labute approximate surface area is 175 Å². The van der Waals surface area contributed by atoms with Gasteiger partial charge in [-0.3, -0.25) is 14.8 Å². The van der Waals surface area contributed by atoms with Gasteiger partial charge >= 0.3 is 0 Å². The number of aromatic nitrogens is 2. The molecule has 3 rings (SSSR count). The normalized spacial score (nSPS) is 10.9. The van der Waals surface area contributed by atoms with E-state index in [0.29, 0.717) is 11.4 Å². The van der Waals surface area contributed by atoms with Crippen molar-refractivity contribution in [3.63, 3.8) is 0 Å². The van der Waals surface area contributed by atoms with Crippen molar-refractivity contribution in [2.75, 3.05) is 12.4 Å². The Kier molecular flexibility index (Phi) is 6.41. The summed E-state index contributed by atoms with van der Waals surface area (Å²) in [5.74, 6) is -0.0858. The summed E-state index contributed by atoms with van der Waals surface area (Å²) in [6, 6.07) is 8.12. The third-order valence-electron chi connectivity index (χ3n) is 3.48. The first-order valence-corrected chi connectivity index (χ1v) is 8.93. The van der Waals surface area contributed by atoms with Gasteiger partial charge in [0.15, 0.2) is 0 Å². The Morgan fingerprint density at radius 2 is 1.75 bits per heavy atom. The molecule has 0 fully saturated rings. The van der Waals surface area contributed by atoms with Gasteiger partial charge in [-0.05, 0) is 18.2 Å². The molecule has 0 spiro atoms. The number of carbonyl (C=O) groups is 1. The van der Waals surface area contributed by atoms with Crippen LogP contribution in [0.2, 0.25) is 15.1 Å². The number of hydrogen-bond acceptors (Lipinski definition) is 6. The number of methoxy groups -OCH3 is 1. The Morgan fingerprint density at radius 3 is 2.39 bits per heavy atom. The highest BCUT2D eigenvalue weighted by molar-refractivity contribution is 6.38. The van der Waals surface area contributed by atoms with Gasteiger partial charge in [-0.2, -0.15) is 0 Å². The highest BCUT2D eigenvalue weighted by Gasteiger charge is 2.14. The van der Waals surface area contributed by atoms with Crippen molar-refractivity contribution in [3.05, 3.63) is 69.7 Å². The maximum absolute atomic E-state index is 12.3. The number of azo groups is 1. The third kappa shape index (κ3) is 4.56. The van der Waals surface area contributed by atoms with Gasteiger partial charge in [-0.25, -0.2) is 0 Å². The van der Waals surface area contributed by atoms with Crippen molar-refractivity contribution in [2.24, 2.45) is 10.2 Å². The number of carbonyl (C=O) groups excluding carboxylic acids is 1. The van der Waals surface area contributed by atoms with Gasteiger partial charge in [-0.1, -0.05) is 40.9 Å². The topological polar surface area (TPSA) is 88.8 Å². The number of ether oxygens (including phenoxy) is 1. The minimum absolute atomic E-state index is 0.209. The largest absolute Gasteiger partial charge is 0.494 e. The smallest absolute Gasteiger partial charge is 0.274 e. The van der Waals surface area contributed by atoms with Crippen LogP contribution < -0.4 is 10.1 Å². The minimum atomic E-state index is -0.386. The second kappa shape index (κ2) is 8.97. The molecule has 142 valence electrons. The maximum atomic E-state index is 12.3. The lowest BCUT2D eigenvalue weighted by Gasteiger charge is -2.10. The fourth-order valence-electron chi connectivity index (χ4n) is 2.19. The Bertz CT molecular complexity index is 1020. The van der Waals surface area contributed by atoms with Gasteiger partial charge in [0.1, 0.15) is 22.8 Å². The van der Waals surface area contributed by atoms with Gasteiger partial charge in [0.05, 0.1) is 22.2 Å². The molecule has 0 bridgehead atoms. The number of benzene rings is 1. The van der Waals surface area contributed by atoms with Gasteiger partial charge < -0.3 is 10.1 Å². The van der Waals surface area contributed by atoms with E-state index in [1.807, 2.05) is 0 Å². The van der Waals surface area contributed by atoms with Gasteiger partial charge in [0.2, 0.25) is 0 Å². The molecule has 0 saturated heterocycles. The van der Waals surface area contributed by atoms with E-state index in [-0.39, 0.29) is 38.0 Å². The molecule has 1 amide bonds. The zero-order valence-corrected chi connectivity index (χ0v) is 16.6. The van der Waals surface area contributed by atoms with Crippen molar-refractivity contribution in [2.45, 2.75) is 0 Å². The summed E-state index contributed by atoms with van der Waals surface area (Å²) in [6.45, 7) is 0. The van der Waals surface area contributed by atoms with Crippen LogP contribution in [-0.4, -0.2) is 23.0 Å². The lowest BCUT2D eigenvalue weighted by atomic mass is 10.2. The van der Waals surface area contributed by atoms with Crippen LogP contribution in [0, 0.1) is 0 Å². The molecule has 10 heteroatoms. The molecule has 0 aliphatic rings. The average molecular weight is 437 g/mol. The van der Waals surface area contributed by atoms with Crippen LogP contribution in [0.3, 0.4) is 0 Å². The first-order valence-electron chi connectivity index (χ1n) is 7.80. The van der Waals surface area contributed by atoms with Crippen LogP contribution in [0.4, 0.5) is 17.1 Å². The van der Waals surface area contributed by atoms with Crippen molar-refractivity contribution in [1.29, 1.82) is 0 Å². The van der Waals surface area contributed by atoms with E-state index in [0.717, 1.165) is 0 Å². The van der Waals surface area contributed by atoms with E-state index in [9.17, 15) is 4.79 Å². The second-order valence-electron chi connectivity index (χ2n) is 5.33. The van der Waals surface area contributed by atoms with Crippen LogP contribution in [0.25, 0.3) is 0 Å². The summed E-state index contributed by atoms with van der Waals surface area (Å²) >= 11 is 18.4. The van der Waals surface area contributed by atoms with Crippen LogP contribution in [0.1, 0.15) is 10.5 Å². The maximum Gasteiger partial charge on any atom is 0.274 e. The summed E-state index contributed by atoms with van der Waals surface area (Å²) in [4.78, 5) is 20.1. The van der Waals surface area contributed by atoms with Crippen molar-refractivity contribution in [3.8, 4) is 5.75 Å². The average Bonchev–Trinajstić information content (AvgIpc) is 2.69. The van der Waals surface area contributed by atoms with Crippen LogP contribution in [0.5, 0.6) is 5.75 Å². The van der Waals surface area contributed by atoms with E-state index in [2.05, 4.69) is 25.5 Å². The third-order valence-corrected chi connectivity index (χ3v) is 4.32. The summed E-state index contributed by atoms with van der Waals surface area (Å²) in [7, 11) is 1.45. The van der Waals surface area contributed by atoms with E-state index in [1.54, 1.807) is 24.3 Å². The molecule has 2 heterocycles. The Hall–Kier alpha value is -2.74. The monoisotopic (exact) mass is 435 g/mol. The standard InChI is InChI=1S/C18H12Cl3N5O2/c1-28-15-7-10(24-18(27)14-4-2-3-5-23-14)6-11(19)17(15)26-25-16-12(20)8-22-9-13(16)21/h2-9H,1H3,(H,24,27). The van der Waals surface area contributed by atoms with Gasteiger partial charge in [0, 0.05) is 30.3 Å². The van der Waals surface area contributed by atoms with E-state index >= 15 is 0 Å². The summed E-state index contributed by atoms with van der Waals surface area (Å²) in [5.41, 5.74) is 1.19. The molecule has 28 heavy (non-hydrogen) atoms. The van der Waals surface area contributed by atoms with E-state index in [4.69, 9.17) is 39.5 Å². The molecule has 0 radical (unpaired) electrons. The predicted octanol–water partition coefficient (Wildman–Crippen LogP) is 6.11. The SMILES string of the molecule is COc1cc(NC(=O)c2ccccn2)cc(Cl)c1N=Nc1c(Cl)cncc1Cl. The lowest BCUT2D eigenvalue weighted by molar-refractivity contribution is 0.102. The molecule has 0 saturated carbocycles. The zero-order chi connectivity index (χ0) is 20.1. The van der Waals surface area contributed by atoms with Crippen LogP contribution in [-0.2, 0) is 0 Å². The second-order valence-corrected chi connectivity index (χ2v) is 6.55.